The number of carbonyl (C=O) groups is 1. The molecule has 1 fully saturated rings. The Morgan fingerprint density at radius 2 is 1.45 bits per heavy atom. The van der Waals surface area contributed by atoms with Crippen LogP contribution in [-0.2, 0) is 19.6 Å². The molecule has 0 saturated carbocycles. The summed E-state index contributed by atoms with van der Waals surface area (Å²) in [7, 11) is 0. The number of nitrogens with zero attached hydrogens (tertiary/aromatic N) is 2. The molecule has 5 rings (SSSR count). The van der Waals surface area contributed by atoms with E-state index < -0.39 is 6.04 Å². The Morgan fingerprint density at radius 3 is 2.07 bits per heavy atom. The van der Waals surface area contributed by atoms with Crippen molar-refractivity contribution in [2.24, 2.45) is 0 Å². The monoisotopic (exact) mass is 590 g/mol. The van der Waals surface area contributed by atoms with E-state index in [-0.39, 0.29) is 18.6 Å². The Bertz CT molecular complexity index is 1400. The summed E-state index contributed by atoms with van der Waals surface area (Å²) in [6.45, 7) is 5.29. The molecule has 0 bridgehead atoms. The number of carbonyl (C=O) groups excluding carboxylic acids is 1. The van der Waals surface area contributed by atoms with Crippen LogP contribution in [0, 0.1) is 0 Å². The third-order valence-corrected chi connectivity index (χ3v) is 8.73. The van der Waals surface area contributed by atoms with Gasteiger partial charge in [-0.1, -0.05) is 105 Å². The Hall–Kier alpha value is -3.93. The largest absolute Gasteiger partial charge is 0.489 e. The first-order valence-electron chi connectivity index (χ1n) is 16.2. The Kier molecular flexibility index (Phi) is 11.6. The van der Waals surface area contributed by atoms with E-state index in [0.29, 0.717) is 12.2 Å². The molecule has 0 unspecified atom stereocenters. The summed E-state index contributed by atoms with van der Waals surface area (Å²) in [6.07, 6.45) is 6.33. The van der Waals surface area contributed by atoms with Gasteiger partial charge in [0.2, 0.25) is 0 Å². The molecule has 5 heteroatoms. The van der Waals surface area contributed by atoms with Crippen molar-refractivity contribution in [3.63, 3.8) is 0 Å². The number of hydrogen-bond acceptors (Lipinski definition) is 4. The van der Waals surface area contributed by atoms with Crippen LogP contribution in [0.3, 0.4) is 0 Å². The predicted octanol–water partition coefficient (Wildman–Crippen LogP) is 7.84. The highest BCUT2D eigenvalue weighted by Gasteiger charge is 2.34. The van der Waals surface area contributed by atoms with Gasteiger partial charge in [0, 0.05) is 31.2 Å². The zero-order valence-corrected chi connectivity index (χ0v) is 26.0. The van der Waals surface area contributed by atoms with Gasteiger partial charge in [-0.05, 0) is 72.2 Å². The van der Waals surface area contributed by atoms with E-state index >= 15 is 0 Å². The first-order valence-corrected chi connectivity index (χ1v) is 16.2. The molecule has 1 aliphatic rings. The highest BCUT2D eigenvalue weighted by Crippen LogP contribution is 2.31. The van der Waals surface area contributed by atoms with Gasteiger partial charge in [0.1, 0.15) is 12.4 Å². The van der Waals surface area contributed by atoms with E-state index in [1.165, 1.54) is 24.0 Å². The number of rotatable bonds is 14. The fourth-order valence-corrected chi connectivity index (χ4v) is 6.18. The van der Waals surface area contributed by atoms with Crippen molar-refractivity contribution < 1.29 is 14.6 Å². The molecule has 1 N–H and O–H groups in total. The number of piperidine rings is 1. The minimum Gasteiger partial charge on any atom is -0.489 e. The molecule has 0 aliphatic carbocycles. The Labute approximate surface area is 263 Å². The lowest BCUT2D eigenvalue weighted by Crippen LogP contribution is -2.49. The van der Waals surface area contributed by atoms with Crippen LogP contribution in [0.2, 0.25) is 0 Å². The molecule has 0 aromatic heterocycles. The number of ether oxygens (including phenoxy) is 1. The summed E-state index contributed by atoms with van der Waals surface area (Å²) in [5, 5.41) is 10.8. The molecule has 1 heterocycles. The summed E-state index contributed by atoms with van der Waals surface area (Å²) in [5.41, 5.74) is 5.27. The van der Waals surface area contributed by atoms with Crippen molar-refractivity contribution in [3.8, 4) is 5.75 Å². The summed E-state index contributed by atoms with van der Waals surface area (Å²) in [6, 6.07) is 36.2. The summed E-state index contributed by atoms with van der Waals surface area (Å²) >= 11 is 0. The van der Waals surface area contributed by atoms with Crippen molar-refractivity contribution in [1.82, 2.24) is 9.80 Å². The highest BCUT2D eigenvalue weighted by atomic mass is 16.5. The molecule has 1 saturated heterocycles. The molecule has 5 nitrogen and oxygen atoms in total. The van der Waals surface area contributed by atoms with Crippen LogP contribution in [0.1, 0.15) is 77.7 Å². The van der Waals surface area contributed by atoms with Crippen molar-refractivity contribution in [2.45, 2.75) is 70.7 Å². The highest BCUT2D eigenvalue weighted by molar-refractivity contribution is 5.94. The maximum atomic E-state index is 14.3. The molecule has 0 radical (unpaired) electrons. The lowest BCUT2D eigenvalue weighted by Gasteiger charge is -2.42. The molecule has 1 aliphatic heterocycles. The van der Waals surface area contributed by atoms with Crippen molar-refractivity contribution in [1.29, 1.82) is 0 Å². The van der Waals surface area contributed by atoms with Crippen LogP contribution >= 0.6 is 0 Å². The number of aliphatic hydroxyl groups excluding tert-OH is 1. The predicted molar refractivity (Wildman–Crippen MR) is 178 cm³/mol. The number of unbranched alkanes of at least 4 members (excludes halogenated alkanes) is 2. The molecular formula is C39H46N2O3. The fraction of sp³-hybridized carbons (Fsp3) is 0.359. The average molecular weight is 591 g/mol. The summed E-state index contributed by atoms with van der Waals surface area (Å²) in [4.78, 5) is 18.7. The van der Waals surface area contributed by atoms with E-state index in [0.717, 1.165) is 62.2 Å². The minimum absolute atomic E-state index is 0.0185. The number of hydrogen-bond donors (Lipinski definition) is 1. The number of benzene rings is 4. The van der Waals surface area contributed by atoms with E-state index in [1.54, 1.807) is 0 Å². The molecule has 4 aromatic carbocycles. The van der Waals surface area contributed by atoms with Gasteiger partial charge in [-0.3, -0.25) is 9.69 Å². The second-order valence-electron chi connectivity index (χ2n) is 11.9. The number of likely N-dealkylation sites (tertiary alicyclic amines) is 1. The van der Waals surface area contributed by atoms with Crippen molar-refractivity contribution >= 4 is 5.91 Å². The smallest absolute Gasteiger partial charge is 0.254 e. The van der Waals surface area contributed by atoms with Gasteiger partial charge in [0.05, 0.1) is 12.6 Å². The molecule has 230 valence electrons. The quantitative estimate of drug-likeness (QED) is 0.152. The maximum absolute atomic E-state index is 14.3. The molecule has 1 atom stereocenters. The van der Waals surface area contributed by atoms with E-state index in [4.69, 9.17) is 4.74 Å². The first kappa shape index (κ1) is 31.5. The average Bonchev–Trinajstić information content (AvgIpc) is 3.08. The number of aryl methyl sites for hydroxylation is 1. The van der Waals surface area contributed by atoms with E-state index in [1.807, 2.05) is 77.7 Å². The third kappa shape index (κ3) is 8.58. The molecule has 1 amide bonds. The topological polar surface area (TPSA) is 53.0 Å². The van der Waals surface area contributed by atoms with Crippen LogP contribution in [0.4, 0.5) is 0 Å². The van der Waals surface area contributed by atoms with Crippen LogP contribution in [0.25, 0.3) is 0 Å². The fourth-order valence-electron chi connectivity index (χ4n) is 6.18. The standard InChI is InChI=1S/C39H46N2O3/c1-2-3-6-11-31-16-18-35(19-17-31)39(43)41(36-24-26-40(27-25-36)28-32-12-7-4-8-13-32)38(29-42)34-20-22-37(23-21-34)44-30-33-14-9-5-10-15-33/h4-5,7-10,12-23,36,38,42H,2-3,6,11,24-30H2,1H3/t38-/m1/s1. The maximum Gasteiger partial charge on any atom is 0.254 e. The van der Waals surface area contributed by atoms with Gasteiger partial charge < -0.3 is 14.7 Å². The first-order chi connectivity index (χ1) is 21.6. The Balaban J connectivity index is 1.33. The molecule has 0 spiro atoms. The Morgan fingerprint density at radius 1 is 0.818 bits per heavy atom. The zero-order chi connectivity index (χ0) is 30.6. The summed E-state index contributed by atoms with van der Waals surface area (Å²) in [5.74, 6) is 0.745. The number of aliphatic hydroxyl groups is 1. The zero-order valence-electron chi connectivity index (χ0n) is 26.0. The van der Waals surface area contributed by atoms with Gasteiger partial charge >= 0.3 is 0 Å². The molecule has 4 aromatic rings. The molecular weight excluding hydrogens is 544 g/mol. The van der Waals surface area contributed by atoms with Crippen LogP contribution in [0.15, 0.2) is 109 Å². The molecule has 44 heavy (non-hydrogen) atoms. The number of amides is 1. The van der Waals surface area contributed by atoms with Crippen LogP contribution < -0.4 is 4.74 Å². The van der Waals surface area contributed by atoms with Crippen molar-refractivity contribution in [3.05, 3.63) is 137 Å². The summed E-state index contributed by atoms with van der Waals surface area (Å²) < 4.78 is 6.01. The van der Waals surface area contributed by atoms with Gasteiger partial charge in [-0.25, -0.2) is 0 Å². The van der Waals surface area contributed by atoms with Gasteiger partial charge in [-0.2, -0.15) is 0 Å². The van der Waals surface area contributed by atoms with Gasteiger partial charge in [0.15, 0.2) is 0 Å². The van der Waals surface area contributed by atoms with Gasteiger partial charge in [-0.15, -0.1) is 0 Å². The lowest BCUT2D eigenvalue weighted by molar-refractivity contribution is 0.0308. The van der Waals surface area contributed by atoms with E-state index in [9.17, 15) is 9.90 Å². The van der Waals surface area contributed by atoms with E-state index in [2.05, 4.69) is 48.2 Å². The normalized spacial score (nSPS) is 14.7. The van der Waals surface area contributed by atoms with Crippen LogP contribution in [-0.4, -0.2) is 46.6 Å². The SMILES string of the molecule is CCCCCc1ccc(C(=O)N(C2CCN(Cc3ccccc3)CC2)[C@H](CO)c2ccc(OCc3ccccc3)cc2)cc1. The van der Waals surface area contributed by atoms with Crippen molar-refractivity contribution in [2.75, 3.05) is 19.7 Å². The third-order valence-electron chi connectivity index (χ3n) is 8.73. The van der Waals surface area contributed by atoms with Crippen LogP contribution in [0.5, 0.6) is 5.75 Å². The second kappa shape index (κ2) is 16.2. The van der Waals surface area contributed by atoms with Gasteiger partial charge in [0.25, 0.3) is 5.91 Å². The minimum atomic E-state index is -0.444. The second-order valence-corrected chi connectivity index (χ2v) is 11.9. The lowest BCUT2D eigenvalue weighted by atomic mass is 9.95.